The van der Waals surface area contributed by atoms with Gasteiger partial charge in [-0.1, -0.05) is 13.0 Å². The molecule has 0 aromatic carbocycles. The predicted molar refractivity (Wildman–Crippen MR) is 92.0 cm³/mol. The molecule has 1 aromatic heterocycles. The first-order valence-corrected chi connectivity index (χ1v) is 8.10. The van der Waals surface area contributed by atoms with Gasteiger partial charge in [-0.3, -0.25) is 0 Å². The second kappa shape index (κ2) is 9.00. The molecule has 1 aromatic rings. The summed E-state index contributed by atoms with van der Waals surface area (Å²) in [4.78, 5) is 9.25. The molecule has 1 rings (SSSR count). The van der Waals surface area contributed by atoms with Gasteiger partial charge in [0.2, 0.25) is 0 Å². The first-order chi connectivity index (χ1) is 9.99. The highest BCUT2D eigenvalue weighted by molar-refractivity contribution is 5.40. The lowest BCUT2D eigenvalue weighted by atomic mass is 10.1. The SMILES string of the molecule is CCCNC(C)c1ccc(N(CC)C(C)CN(C)C)nc1. The average Bonchev–Trinajstić information content (AvgIpc) is 2.45. The van der Waals surface area contributed by atoms with Crippen LogP contribution < -0.4 is 10.2 Å². The quantitative estimate of drug-likeness (QED) is 0.758. The van der Waals surface area contributed by atoms with Crippen molar-refractivity contribution in [2.45, 2.75) is 46.2 Å². The smallest absolute Gasteiger partial charge is 0.128 e. The van der Waals surface area contributed by atoms with Crippen molar-refractivity contribution in [2.24, 2.45) is 0 Å². The molecule has 0 bridgehead atoms. The van der Waals surface area contributed by atoms with Crippen molar-refractivity contribution in [1.82, 2.24) is 15.2 Å². The lowest BCUT2D eigenvalue weighted by Gasteiger charge is -2.31. The fourth-order valence-corrected chi connectivity index (χ4v) is 2.63. The summed E-state index contributed by atoms with van der Waals surface area (Å²) in [7, 11) is 4.23. The van der Waals surface area contributed by atoms with Crippen LogP contribution in [0.2, 0.25) is 0 Å². The van der Waals surface area contributed by atoms with Gasteiger partial charge < -0.3 is 15.1 Å². The summed E-state index contributed by atoms with van der Waals surface area (Å²) >= 11 is 0. The standard InChI is InChI=1S/C17H32N4/c1-7-11-18-15(4)16-9-10-17(19-12-16)21(8-2)14(3)13-20(5)6/h9-10,12,14-15,18H,7-8,11,13H2,1-6H3. The van der Waals surface area contributed by atoms with Gasteiger partial charge in [0.15, 0.2) is 0 Å². The molecule has 120 valence electrons. The molecule has 0 radical (unpaired) electrons. The third-order valence-electron chi connectivity index (χ3n) is 3.77. The van der Waals surface area contributed by atoms with E-state index >= 15 is 0 Å². The van der Waals surface area contributed by atoms with Gasteiger partial charge in [-0.05, 0) is 59.5 Å². The van der Waals surface area contributed by atoms with Crippen molar-refractivity contribution in [2.75, 3.05) is 38.6 Å². The molecule has 1 N–H and O–H groups in total. The lowest BCUT2D eigenvalue weighted by Crippen LogP contribution is -2.40. The topological polar surface area (TPSA) is 31.4 Å². The maximum absolute atomic E-state index is 4.67. The maximum atomic E-state index is 4.67. The summed E-state index contributed by atoms with van der Waals surface area (Å²) in [6.07, 6.45) is 3.16. The minimum Gasteiger partial charge on any atom is -0.353 e. The van der Waals surface area contributed by atoms with E-state index < -0.39 is 0 Å². The van der Waals surface area contributed by atoms with Gasteiger partial charge in [-0.2, -0.15) is 0 Å². The van der Waals surface area contributed by atoms with Crippen LogP contribution in [0.5, 0.6) is 0 Å². The van der Waals surface area contributed by atoms with Crippen LogP contribution in [-0.2, 0) is 0 Å². The monoisotopic (exact) mass is 292 g/mol. The van der Waals surface area contributed by atoms with Gasteiger partial charge in [0.1, 0.15) is 5.82 Å². The van der Waals surface area contributed by atoms with Gasteiger partial charge in [-0.25, -0.2) is 4.98 Å². The largest absolute Gasteiger partial charge is 0.353 e. The van der Waals surface area contributed by atoms with E-state index in [9.17, 15) is 0 Å². The first-order valence-electron chi connectivity index (χ1n) is 8.10. The Kier molecular flexibility index (Phi) is 7.68. The normalized spacial score (nSPS) is 14.2. The van der Waals surface area contributed by atoms with Gasteiger partial charge in [0, 0.05) is 31.4 Å². The zero-order valence-electron chi connectivity index (χ0n) is 14.6. The maximum Gasteiger partial charge on any atom is 0.128 e. The summed E-state index contributed by atoms with van der Waals surface area (Å²) in [5.41, 5.74) is 1.25. The molecule has 2 atom stereocenters. The van der Waals surface area contributed by atoms with E-state index in [0.717, 1.165) is 31.9 Å². The van der Waals surface area contributed by atoms with E-state index in [-0.39, 0.29) is 0 Å². The number of pyridine rings is 1. The van der Waals surface area contributed by atoms with Crippen LogP contribution in [0.4, 0.5) is 5.82 Å². The number of likely N-dealkylation sites (N-methyl/N-ethyl adjacent to an activating group) is 2. The van der Waals surface area contributed by atoms with E-state index in [1.807, 2.05) is 6.20 Å². The highest BCUT2D eigenvalue weighted by Crippen LogP contribution is 2.18. The number of anilines is 1. The minimum atomic E-state index is 0.362. The molecular formula is C17H32N4. The Labute approximate surface area is 130 Å². The highest BCUT2D eigenvalue weighted by atomic mass is 15.2. The Morgan fingerprint density at radius 2 is 1.90 bits per heavy atom. The summed E-state index contributed by atoms with van der Waals surface area (Å²) in [6, 6.07) is 5.16. The molecule has 0 saturated heterocycles. The third kappa shape index (κ3) is 5.64. The molecule has 21 heavy (non-hydrogen) atoms. The molecule has 0 spiro atoms. The first kappa shape index (κ1) is 17.9. The third-order valence-corrected chi connectivity index (χ3v) is 3.77. The van der Waals surface area contributed by atoms with Crippen LogP contribution in [0.15, 0.2) is 18.3 Å². The van der Waals surface area contributed by atoms with Crippen molar-refractivity contribution in [3.05, 3.63) is 23.9 Å². The molecule has 2 unspecified atom stereocenters. The van der Waals surface area contributed by atoms with Crippen molar-refractivity contribution in [3.63, 3.8) is 0 Å². The van der Waals surface area contributed by atoms with Crippen molar-refractivity contribution in [3.8, 4) is 0 Å². The zero-order valence-corrected chi connectivity index (χ0v) is 14.6. The number of hydrogen-bond acceptors (Lipinski definition) is 4. The number of nitrogens with zero attached hydrogens (tertiary/aromatic N) is 3. The van der Waals surface area contributed by atoms with Crippen LogP contribution in [0.1, 0.15) is 45.7 Å². The molecule has 0 aliphatic rings. The number of nitrogens with one attached hydrogen (secondary N) is 1. The van der Waals surface area contributed by atoms with Gasteiger partial charge >= 0.3 is 0 Å². The van der Waals surface area contributed by atoms with Crippen LogP contribution >= 0.6 is 0 Å². The van der Waals surface area contributed by atoms with Gasteiger partial charge in [0.05, 0.1) is 0 Å². The van der Waals surface area contributed by atoms with Crippen molar-refractivity contribution >= 4 is 5.82 Å². The molecule has 0 saturated carbocycles. The Bertz CT molecular complexity index is 388. The Morgan fingerprint density at radius 3 is 2.38 bits per heavy atom. The minimum absolute atomic E-state index is 0.362. The number of hydrogen-bond donors (Lipinski definition) is 1. The summed E-state index contributed by atoms with van der Waals surface area (Å²) in [5, 5.41) is 3.50. The summed E-state index contributed by atoms with van der Waals surface area (Å²) in [5.74, 6) is 1.07. The van der Waals surface area contributed by atoms with Crippen molar-refractivity contribution < 1.29 is 0 Å². The van der Waals surface area contributed by atoms with E-state index in [0.29, 0.717) is 12.1 Å². The second-order valence-corrected chi connectivity index (χ2v) is 6.02. The molecule has 0 fully saturated rings. The second-order valence-electron chi connectivity index (χ2n) is 6.02. The zero-order chi connectivity index (χ0) is 15.8. The molecule has 4 heteroatoms. The van der Waals surface area contributed by atoms with E-state index in [4.69, 9.17) is 0 Å². The lowest BCUT2D eigenvalue weighted by molar-refractivity contribution is 0.372. The van der Waals surface area contributed by atoms with E-state index in [1.165, 1.54) is 5.56 Å². The fraction of sp³-hybridized carbons (Fsp3) is 0.706. The Hall–Kier alpha value is -1.13. The summed E-state index contributed by atoms with van der Waals surface area (Å²) in [6.45, 7) is 11.9. The van der Waals surface area contributed by atoms with Crippen LogP contribution in [0.3, 0.4) is 0 Å². The van der Waals surface area contributed by atoms with Gasteiger partial charge in [-0.15, -0.1) is 0 Å². The fourth-order valence-electron chi connectivity index (χ4n) is 2.63. The number of aromatic nitrogens is 1. The van der Waals surface area contributed by atoms with Crippen LogP contribution in [0.25, 0.3) is 0 Å². The average molecular weight is 292 g/mol. The Morgan fingerprint density at radius 1 is 1.19 bits per heavy atom. The predicted octanol–water partition coefficient (Wildman–Crippen LogP) is 2.92. The van der Waals surface area contributed by atoms with Gasteiger partial charge in [0.25, 0.3) is 0 Å². The van der Waals surface area contributed by atoms with Crippen LogP contribution in [-0.4, -0.2) is 49.7 Å². The molecule has 0 aliphatic heterocycles. The molecule has 1 heterocycles. The molecule has 0 aliphatic carbocycles. The van der Waals surface area contributed by atoms with E-state index in [2.05, 4.69) is 74.0 Å². The van der Waals surface area contributed by atoms with Crippen molar-refractivity contribution in [1.29, 1.82) is 0 Å². The molecule has 0 amide bonds. The highest BCUT2D eigenvalue weighted by Gasteiger charge is 2.15. The summed E-state index contributed by atoms with van der Waals surface area (Å²) < 4.78 is 0. The Balaban J connectivity index is 2.74. The number of rotatable bonds is 9. The molecular weight excluding hydrogens is 260 g/mol. The molecule has 4 nitrogen and oxygen atoms in total. The van der Waals surface area contributed by atoms with Crippen LogP contribution in [0, 0.1) is 0 Å². The van der Waals surface area contributed by atoms with E-state index in [1.54, 1.807) is 0 Å².